The average Bonchev–Trinajstić information content (AvgIpc) is 3.28. The van der Waals surface area contributed by atoms with Crippen LogP contribution in [0.2, 0.25) is 0 Å². The molecule has 1 atom stereocenters. The predicted octanol–water partition coefficient (Wildman–Crippen LogP) is 3.50. The lowest BCUT2D eigenvalue weighted by Gasteiger charge is -2.16. The molecule has 1 amide bonds. The van der Waals surface area contributed by atoms with Crippen molar-refractivity contribution in [1.29, 1.82) is 0 Å². The molecule has 2 heterocycles. The quantitative estimate of drug-likeness (QED) is 0.694. The number of nitrogens with zero attached hydrogens (tertiary/aromatic N) is 3. The number of hydrogen-bond donors (Lipinski definition) is 0. The molecule has 0 bridgehead atoms. The minimum Gasteiger partial charge on any atom is -0.497 e. The number of carbonyl (C=O) groups is 1. The lowest BCUT2D eigenvalue weighted by Crippen LogP contribution is -2.26. The molecular formula is C21H21N3O3. The van der Waals surface area contributed by atoms with Crippen LogP contribution in [0.1, 0.15) is 35.2 Å². The molecule has 27 heavy (non-hydrogen) atoms. The number of aryl methyl sites for hydroxylation is 1. The number of carbonyl (C=O) groups excluding carboxylic acids is 1. The molecule has 1 aromatic heterocycles. The smallest absolute Gasteiger partial charge is 0.239 e. The topological polar surface area (TPSA) is 68.5 Å². The molecule has 1 fully saturated rings. The van der Waals surface area contributed by atoms with Gasteiger partial charge in [-0.1, -0.05) is 24.3 Å². The van der Waals surface area contributed by atoms with E-state index in [1.807, 2.05) is 55.5 Å². The van der Waals surface area contributed by atoms with Gasteiger partial charge in [0.1, 0.15) is 11.7 Å². The first-order valence-corrected chi connectivity index (χ1v) is 8.97. The summed E-state index contributed by atoms with van der Waals surface area (Å²) in [6.07, 6.45) is 1.20. The Bertz CT molecular complexity index is 949. The van der Waals surface area contributed by atoms with Crippen LogP contribution in [-0.4, -0.2) is 29.8 Å². The summed E-state index contributed by atoms with van der Waals surface area (Å²) in [6, 6.07) is 15.7. The minimum atomic E-state index is -0.373. The highest BCUT2D eigenvalue weighted by molar-refractivity contribution is 5.99. The Hall–Kier alpha value is -3.15. The zero-order chi connectivity index (χ0) is 18.8. The molecule has 6 nitrogen and oxygen atoms in total. The van der Waals surface area contributed by atoms with Crippen LogP contribution >= 0.6 is 0 Å². The predicted molar refractivity (Wildman–Crippen MR) is 101 cm³/mol. The van der Waals surface area contributed by atoms with Gasteiger partial charge in [-0.2, -0.15) is 0 Å². The standard InChI is InChI=1S/C21H21N3O3/c1-14-4-3-5-16(12-14)24-11-10-18(21(24)25)20-23-22-19(27-20)13-15-6-8-17(26-2)9-7-15/h3-9,12,18H,10-11,13H2,1-2H3/t18-/m1/s1. The van der Waals surface area contributed by atoms with Gasteiger partial charge in [0.15, 0.2) is 0 Å². The third-order valence-electron chi connectivity index (χ3n) is 4.81. The Balaban J connectivity index is 1.47. The number of methoxy groups -OCH3 is 1. The van der Waals surface area contributed by atoms with Gasteiger partial charge < -0.3 is 14.1 Å². The van der Waals surface area contributed by atoms with Crippen molar-refractivity contribution in [2.45, 2.75) is 25.7 Å². The third kappa shape index (κ3) is 3.56. The fraction of sp³-hybridized carbons (Fsp3) is 0.286. The van der Waals surface area contributed by atoms with Gasteiger partial charge in [-0.15, -0.1) is 10.2 Å². The first-order chi connectivity index (χ1) is 13.1. The van der Waals surface area contributed by atoms with E-state index in [0.29, 0.717) is 31.2 Å². The number of ether oxygens (including phenoxy) is 1. The second kappa shape index (κ2) is 7.23. The maximum Gasteiger partial charge on any atom is 0.239 e. The molecule has 0 N–H and O–H groups in total. The van der Waals surface area contributed by atoms with Gasteiger partial charge in [-0.3, -0.25) is 4.79 Å². The fourth-order valence-corrected chi connectivity index (χ4v) is 3.36. The summed E-state index contributed by atoms with van der Waals surface area (Å²) in [5.74, 6) is 1.36. The Labute approximate surface area is 157 Å². The van der Waals surface area contributed by atoms with Crippen molar-refractivity contribution in [3.8, 4) is 5.75 Å². The highest BCUT2D eigenvalue weighted by atomic mass is 16.5. The summed E-state index contributed by atoms with van der Waals surface area (Å²) < 4.78 is 11.0. The van der Waals surface area contributed by atoms with Crippen molar-refractivity contribution < 1.29 is 13.9 Å². The van der Waals surface area contributed by atoms with Crippen LogP contribution in [0.15, 0.2) is 52.9 Å². The maximum atomic E-state index is 12.8. The van der Waals surface area contributed by atoms with Gasteiger partial charge in [0.2, 0.25) is 17.7 Å². The monoisotopic (exact) mass is 363 g/mol. The van der Waals surface area contributed by atoms with Crippen LogP contribution in [0.3, 0.4) is 0 Å². The summed E-state index contributed by atoms with van der Waals surface area (Å²) in [4.78, 5) is 14.6. The zero-order valence-corrected chi connectivity index (χ0v) is 15.4. The van der Waals surface area contributed by atoms with Crippen LogP contribution in [0.25, 0.3) is 0 Å². The molecule has 1 aliphatic heterocycles. The van der Waals surface area contributed by atoms with E-state index < -0.39 is 0 Å². The summed E-state index contributed by atoms with van der Waals surface area (Å²) in [7, 11) is 1.64. The average molecular weight is 363 g/mol. The van der Waals surface area contributed by atoms with Gasteiger partial charge in [0, 0.05) is 12.2 Å². The van der Waals surface area contributed by atoms with Gasteiger partial charge in [0.25, 0.3) is 0 Å². The lowest BCUT2D eigenvalue weighted by atomic mass is 10.1. The van der Waals surface area contributed by atoms with Gasteiger partial charge in [0.05, 0.1) is 13.5 Å². The van der Waals surface area contributed by atoms with Crippen molar-refractivity contribution in [2.75, 3.05) is 18.6 Å². The molecule has 0 saturated carbocycles. The maximum absolute atomic E-state index is 12.8. The molecule has 0 aliphatic carbocycles. The highest BCUT2D eigenvalue weighted by Gasteiger charge is 2.37. The molecule has 0 spiro atoms. The summed E-state index contributed by atoms with van der Waals surface area (Å²) >= 11 is 0. The summed E-state index contributed by atoms with van der Waals surface area (Å²) in [6.45, 7) is 2.67. The van der Waals surface area contributed by atoms with Crippen molar-refractivity contribution in [3.63, 3.8) is 0 Å². The second-order valence-electron chi connectivity index (χ2n) is 6.73. The normalized spacial score (nSPS) is 16.7. The summed E-state index contributed by atoms with van der Waals surface area (Å²) in [5.41, 5.74) is 3.09. The van der Waals surface area contributed by atoms with Crippen molar-refractivity contribution in [1.82, 2.24) is 10.2 Å². The fourth-order valence-electron chi connectivity index (χ4n) is 3.36. The van der Waals surface area contributed by atoms with E-state index in [2.05, 4.69) is 10.2 Å². The number of hydrogen-bond acceptors (Lipinski definition) is 5. The molecule has 2 aromatic carbocycles. The van der Waals surface area contributed by atoms with Crippen molar-refractivity contribution in [2.24, 2.45) is 0 Å². The molecule has 1 saturated heterocycles. The van der Waals surface area contributed by atoms with Crippen LogP contribution in [0, 0.1) is 6.92 Å². The number of aromatic nitrogens is 2. The first kappa shape index (κ1) is 17.3. The van der Waals surface area contributed by atoms with Crippen LogP contribution < -0.4 is 9.64 Å². The van der Waals surface area contributed by atoms with Gasteiger partial charge >= 0.3 is 0 Å². The molecule has 0 unspecified atom stereocenters. The molecule has 0 radical (unpaired) electrons. The van der Waals surface area contributed by atoms with E-state index in [1.54, 1.807) is 12.0 Å². The largest absolute Gasteiger partial charge is 0.497 e. The first-order valence-electron chi connectivity index (χ1n) is 8.97. The Morgan fingerprint density at radius 3 is 2.74 bits per heavy atom. The van der Waals surface area contributed by atoms with E-state index in [9.17, 15) is 4.79 Å². The van der Waals surface area contributed by atoms with Gasteiger partial charge in [-0.25, -0.2) is 0 Å². The molecule has 4 rings (SSSR count). The number of amides is 1. The Kier molecular flexibility index (Phi) is 4.62. The molecule has 3 aromatic rings. The highest BCUT2D eigenvalue weighted by Crippen LogP contribution is 2.32. The SMILES string of the molecule is COc1ccc(Cc2nnc([C@H]3CCN(c4cccc(C)c4)C3=O)o2)cc1. The second-order valence-corrected chi connectivity index (χ2v) is 6.73. The Morgan fingerprint density at radius 1 is 1.19 bits per heavy atom. The van der Waals surface area contributed by atoms with Crippen molar-refractivity contribution in [3.05, 3.63) is 71.4 Å². The number of rotatable bonds is 5. The minimum absolute atomic E-state index is 0.0141. The van der Waals surface area contributed by atoms with E-state index in [1.165, 1.54) is 0 Å². The van der Waals surface area contributed by atoms with Crippen molar-refractivity contribution >= 4 is 11.6 Å². The summed E-state index contributed by atoms with van der Waals surface area (Å²) in [5, 5.41) is 8.26. The van der Waals surface area contributed by atoms with Crippen LogP contribution in [0.4, 0.5) is 5.69 Å². The molecule has 138 valence electrons. The van der Waals surface area contributed by atoms with Gasteiger partial charge in [-0.05, 0) is 48.7 Å². The van der Waals surface area contributed by atoms with E-state index in [4.69, 9.17) is 9.15 Å². The van der Waals surface area contributed by atoms with Crippen LogP contribution in [0.5, 0.6) is 5.75 Å². The molecular weight excluding hydrogens is 342 g/mol. The van der Waals surface area contributed by atoms with E-state index in [0.717, 1.165) is 22.6 Å². The molecule has 1 aliphatic rings. The van der Waals surface area contributed by atoms with E-state index >= 15 is 0 Å². The number of anilines is 1. The zero-order valence-electron chi connectivity index (χ0n) is 15.4. The Morgan fingerprint density at radius 2 is 2.00 bits per heavy atom. The molecule has 6 heteroatoms. The van der Waals surface area contributed by atoms with E-state index in [-0.39, 0.29) is 11.8 Å². The number of benzene rings is 2. The lowest BCUT2D eigenvalue weighted by molar-refractivity contribution is -0.118. The third-order valence-corrected chi connectivity index (χ3v) is 4.81. The van der Waals surface area contributed by atoms with Crippen LogP contribution in [-0.2, 0) is 11.2 Å².